The maximum atomic E-state index is 14.0. The molecular weight excluding hydrogens is 572 g/mol. The van der Waals surface area contributed by atoms with Crippen LogP contribution in [0.3, 0.4) is 0 Å². The molecule has 2 aliphatic heterocycles. The van der Waals surface area contributed by atoms with Crippen molar-refractivity contribution in [2.75, 3.05) is 39.5 Å². The number of imide groups is 1. The minimum absolute atomic E-state index is 0.0192. The van der Waals surface area contributed by atoms with Crippen molar-refractivity contribution >= 4 is 17.7 Å². The Bertz CT molecular complexity index is 1580. The molecule has 0 bridgehead atoms. The SMILES string of the molecule is CCOc1ccc(CC2c3cc(OCC)c(OCC)cc3CCN2C(=O)CCN2C(=O)c3ccc(C)cc3C2=O)cc1OCC. The minimum atomic E-state index is -0.356. The number of amides is 3. The van der Waals surface area contributed by atoms with Gasteiger partial charge in [0, 0.05) is 19.5 Å². The number of nitrogens with zero attached hydrogens (tertiary/aromatic N) is 2. The van der Waals surface area contributed by atoms with Crippen molar-refractivity contribution in [1.29, 1.82) is 0 Å². The predicted octanol–water partition coefficient (Wildman–Crippen LogP) is 5.94. The number of rotatable bonds is 13. The number of carbonyl (C=O) groups excluding carboxylic acids is 3. The number of hydrogen-bond acceptors (Lipinski definition) is 7. The molecule has 0 aromatic heterocycles. The summed E-state index contributed by atoms with van der Waals surface area (Å²) < 4.78 is 23.6. The van der Waals surface area contributed by atoms with Gasteiger partial charge in [-0.1, -0.05) is 17.7 Å². The molecule has 3 amide bonds. The Hall–Kier alpha value is -4.53. The molecular formula is C36H42N2O7. The number of aryl methyl sites for hydroxylation is 1. The second-order valence-electron chi connectivity index (χ2n) is 11.1. The Labute approximate surface area is 265 Å². The Morgan fingerprint density at radius 3 is 2.07 bits per heavy atom. The minimum Gasteiger partial charge on any atom is -0.490 e. The van der Waals surface area contributed by atoms with Gasteiger partial charge in [0.2, 0.25) is 5.91 Å². The topological polar surface area (TPSA) is 94.6 Å². The lowest BCUT2D eigenvalue weighted by Gasteiger charge is -2.38. The quantitative estimate of drug-likeness (QED) is 0.220. The van der Waals surface area contributed by atoms with Crippen molar-refractivity contribution in [2.45, 2.75) is 59.9 Å². The predicted molar refractivity (Wildman–Crippen MR) is 171 cm³/mol. The highest BCUT2D eigenvalue weighted by Gasteiger charge is 2.37. The van der Waals surface area contributed by atoms with E-state index in [1.807, 2.05) is 75.9 Å². The van der Waals surface area contributed by atoms with Gasteiger partial charge in [-0.05, 0) is 101 Å². The van der Waals surface area contributed by atoms with E-state index in [0.717, 1.165) is 22.3 Å². The van der Waals surface area contributed by atoms with Crippen LogP contribution in [0.1, 0.15) is 83.1 Å². The maximum Gasteiger partial charge on any atom is 0.261 e. The lowest BCUT2D eigenvalue weighted by atomic mass is 9.87. The van der Waals surface area contributed by atoms with Gasteiger partial charge in [0.05, 0.1) is 43.6 Å². The van der Waals surface area contributed by atoms with Crippen molar-refractivity contribution < 1.29 is 33.3 Å². The van der Waals surface area contributed by atoms with Crippen LogP contribution in [0.4, 0.5) is 0 Å². The van der Waals surface area contributed by atoms with E-state index < -0.39 is 0 Å². The van der Waals surface area contributed by atoms with Crippen LogP contribution >= 0.6 is 0 Å². The first-order chi connectivity index (χ1) is 21.8. The maximum absolute atomic E-state index is 14.0. The first-order valence-electron chi connectivity index (χ1n) is 15.9. The van der Waals surface area contributed by atoms with Gasteiger partial charge in [-0.15, -0.1) is 0 Å². The molecule has 9 nitrogen and oxygen atoms in total. The van der Waals surface area contributed by atoms with Crippen LogP contribution in [0.25, 0.3) is 0 Å². The summed E-state index contributed by atoms with van der Waals surface area (Å²) in [7, 11) is 0. The number of benzene rings is 3. The van der Waals surface area contributed by atoms with Gasteiger partial charge in [0.25, 0.3) is 11.8 Å². The highest BCUT2D eigenvalue weighted by atomic mass is 16.5. The average Bonchev–Trinajstić information content (AvgIpc) is 3.26. The lowest BCUT2D eigenvalue weighted by molar-refractivity contribution is -0.134. The number of carbonyl (C=O) groups is 3. The van der Waals surface area contributed by atoms with Crippen LogP contribution in [-0.4, -0.2) is 67.0 Å². The molecule has 1 atom stereocenters. The van der Waals surface area contributed by atoms with Crippen LogP contribution in [0.2, 0.25) is 0 Å². The van der Waals surface area contributed by atoms with Gasteiger partial charge in [-0.2, -0.15) is 0 Å². The van der Waals surface area contributed by atoms with E-state index in [4.69, 9.17) is 18.9 Å². The molecule has 9 heteroatoms. The van der Waals surface area contributed by atoms with E-state index in [2.05, 4.69) is 0 Å². The normalized spacial score (nSPS) is 15.5. The Kier molecular flexibility index (Phi) is 9.96. The third-order valence-electron chi connectivity index (χ3n) is 8.20. The number of hydrogen-bond donors (Lipinski definition) is 0. The van der Waals surface area contributed by atoms with Crippen molar-refractivity contribution in [3.63, 3.8) is 0 Å². The summed E-state index contributed by atoms with van der Waals surface area (Å²) in [5.41, 5.74) is 4.76. The van der Waals surface area contributed by atoms with Crippen molar-refractivity contribution in [2.24, 2.45) is 0 Å². The highest BCUT2D eigenvalue weighted by Crippen LogP contribution is 2.41. The first kappa shape index (κ1) is 31.9. The zero-order valence-electron chi connectivity index (χ0n) is 26.8. The van der Waals surface area contributed by atoms with Crippen LogP contribution in [0, 0.1) is 6.92 Å². The summed E-state index contributed by atoms with van der Waals surface area (Å²) in [4.78, 5) is 43.2. The molecule has 0 radical (unpaired) electrons. The molecule has 5 rings (SSSR count). The Morgan fingerprint density at radius 1 is 0.756 bits per heavy atom. The summed E-state index contributed by atoms with van der Waals surface area (Å²) in [6, 6.07) is 14.8. The summed E-state index contributed by atoms with van der Waals surface area (Å²) in [5, 5.41) is 0. The zero-order valence-corrected chi connectivity index (χ0v) is 26.8. The smallest absolute Gasteiger partial charge is 0.261 e. The third kappa shape index (κ3) is 6.62. The molecule has 0 saturated heterocycles. The van der Waals surface area contributed by atoms with Crippen LogP contribution in [0.15, 0.2) is 48.5 Å². The zero-order chi connectivity index (χ0) is 32.1. The Balaban J connectivity index is 1.45. The van der Waals surface area contributed by atoms with Crippen LogP contribution < -0.4 is 18.9 Å². The molecule has 1 unspecified atom stereocenters. The molecule has 45 heavy (non-hydrogen) atoms. The standard InChI is InChI=1S/C36H42N2O7/c1-6-42-30-13-11-24(20-31(30)43-7-2)19-29-27-22-33(45-9-4)32(44-8-3)21-25(27)14-16-37(29)34(39)15-17-38-35(40)26-12-10-23(5)18-28(26)36(38)41/h10-13,18,20-22,29H,6-9,14-17,19H2,1-5H3. The summed E-state index contributed by atoms with van der Waals surface area (Å²) in [5.74, 6) is 1.84. The van der Waals surface area contributed by atoms with E-state index >= 15 is 0 Å². The fourth-order valence-corrected chi connectivity index (χ4v) is 6.17. The van der Waals surface area contributed by atoms with Gasteiger partial charge in [0.1, 0.15) is 0 Å². The number of fused-ring (bicyclic) bond motifs is 2. The van der Waals surface area contributed by atoms with Crippen molar-refractivity contribution in [3.05, 3.63) is 81.9 Å². The van der Waals surface area contributed by atoms with E-state index in [1.54, 1.807) is 12.1 Å². The van der Waals surface area contributed by atoms with E-state index in [9.17, 15) is 14.4 Å². The Morgan fingerprint density at radius 2 is 1.38 bits per heavy atom. The van der Waals surface area contributed by atoms with Gasteiger partial charge in [-0.25, -0.2) is 0 Å². The molecule has 0 aliphatic carbocycles. The van der Waals surface area contributed by atoms with Crippen molar-refractivity contribution in [1.82, 2.24) is 9.80 Å². The fraction of sp³-hybridized carbons (Fsp3) is 0.417. The molecule has 2 heterocycles. The lowest BCUT2D eigenvalue weighted by Crippen LogP contribution is -2.43. The second kappa shape index (κ2) is 14.1. The van der Waals surface area contributed by atoms with E-state index in [0.29, 0.717) is 79.9 Å². The van der Waals surface area contributed by atoms with Crippen LogP contribution in [-0.2, 0) is 17.6 Å². The highest BCUT2D eigenvalue weighted by molar-refractivity contribution is 6.21. The molecule has 0 saturated carbocycles. The summed E-state index contributed by atoms with van der Waals surface area (Å²) >= 11 is 0. The van der Waals surface area contributed by atoms with E-state index in [1.165, 1.54) is 4.90 Å². The summed E-state index contributed by atoms with van der Waals surface area (Å²) in [6.07, 6.45) is 1.19. The van der Waals surface area contributed by atoms with Gasteiger partial charge < -0.3 is 23.8 Å². The van der Waals surface area contributed by atoms with Crippen LogP contribution in [0.5, 0.6) is 23.0 Å². The molecule has 0 spiro atoms. The molecule has 2 aliphatic rings. The van der Waals surface area contributed by atoms with E-state index in [-0.39, 0.29) is 36.7 Å². The molecule has 3 aromatic carbocycles. The monoisotopic (exact) mass is 614 g/mol. The average molecular weight is 615 g/mol. The van der Waals surface area contributed by atoms with Crippen molar-refractivity contribution in [3.8, 4) is 23.0 Å². The molecule has 238 valence electrons. The molecule has 3 aromatic rings. The second-order valence-corrected chi connectivity index (χ2v) is 11.1. The largest absolute Gasteiger partial charge is 0.490 e. The molecule has 0 fully saturated rings. The first-order valence-corrected chi connectivity index (χ1v) is 15.9. The number of ether oxygens (including phenoxy) is 4. The van der Waals surface area contributed by atoms with Gasteiger partial charge in [-0.3, -0.25) is 19.3 Å². The third-order valence-corrected chi connectivity index (χ3v) is 8.20. The summed E-state index contributed by atoms with van der Waals surface area (Å²) in [6.45, 7) is 12.1. The molecule has 0 N–H and O–H groups in total. The fourth-order valence-electron chi connectivity index (χ4n) is 6.17. The van der Waals surface area contributed by atoms with Gasteiger partial charge >= 0.3 is 0 Å². The van der Waals surface area contributed by atoms with Gasteiger partial charge in [0.15, 0.2) is 23.0 Å².